The van der Waals surface area contributed by atoms with Crippen LogP contribution in [-0.2, 0) is 0 Å². The van der Waals surface area contributed by atoms with Crippen molar-refractivity contribution in [1.82, 2.24) is 5.32 Å². The Labute approximate surface area is 140 Å². The highest BCUT2D eigenvalue weighted by atomic mass is 14.9. The molecule has 132 valence electrons. The van der Waals surface area contributed by atoms with Crippen molar-refractivity contribution >= 4 is 0 Å². The maximum absolute atomic E-state index is 6.00. The average molecular weight is 311 g/mol. The van der Waals surface area contributed by atoms with E-state index in [1.165, 1.54) is 64.2 Å². The fraction of sp³-hybridized carbons (Fsp3) is 1.00. The van der Waals surface area contributed by atoms with Crippen molar-refractivity contribution in [2.45, 2.75) is 116 Å². The van der Waals surface area contributed by atoms with Gasteiger partial charge in [-0.15, -0.1) is 0 Å². The minimum Gasteiger partial charge on any atom is -0.325 e. The Morgan fingerprint density at radius 3 is 1.27 bits per heavy atom. The maximum atomic E-state index is 6.00. The second-order valence-corrected chi connectivity index (χ2v) is 8.51. The Kier molecular flexibility index (Phi) is 9.01. The van der Waals surface area contributed by atoms with Crippen LogP contribution >= 0.6 is 0 Å². The average Bonchev–Trinajstić information content (AvgIpc) is 2.49. The molecule has 2 aliphatic rings. The zero-order valence-corrected chi connectivity index (χ0v) is 16.0. The van der Waals surface area contributed by atoms with Crippen LogP contribution in [0, 0.1) is 11.8 Å². The highest BCUT2D eigenvalue weighted by Crippen LogP contribution is 2.23. The van der Waals surface area contributed by atoms with E-state index in [0.29, 0.717) is 11.8 Å². The minimum absolute atomic E-state index is 0.000000000000000222. The predicted molar refractivity (Wildman–Crippen MR) is 99.2 cm³/mol. The van der Waals surface area contributed by atoms with E-state index in [-0.39, 0.29) is 5.54 Å². The van der Waals surface area contributed by atoms with Gasteiger partial charge in [-0.1, -0.05) is 66.2 Å². The maximum Gasteiger partial charge on any atom is 0.0172 e. The van der Waals surface area contributed by atoms with Crippen LogP contribution < -0.4 is 11.1 Å². The van der Waals surface area contributed by atoms with E-state index in [1.54, 1.807) is 0 Å². The molecule has 22 heavy (non-hydrogen) atoms. The normalized spacial score (nSPS) is 21.8. The lowest BCUT2D eigenvalue weighted by Gasteiger charge is -2.33. The van der Waals surface area contributed by atoms with Crippen molar-refractivity contribution in [2.24, 2.45) is 17.6 Å². The van der Waals surface area contributed by atoms with Crippen LogP contribution in [0.3, 0.4) is 0 Å². The molecule has 0 saturated heterocycles. The van der Waals surface area contributed by atoms with E-state index in [1.807, 2.05) is 0 Å². The molecule has 0 bridgehead atoms. The molecule has 2 fully saturated rings. The van der Waals surface area contributed by atoms with Crippen LogP contribution in [0.15, 0.2) is 0 Å². The largest absolute Gasteiger partial charge is 0.325 e. The fourth-order valence-corrected chi connectivity index (χ4v) is 3.54. The Hall–Kier alpha value is -0.0800. The van der Waals surface area contributed by atoms with Gasteiger partial charge in [0.25, 0.3) is 0 Å². The Balaban J connectivity index is 0.000000239. The lowest BCUT2D eigenvalue weighted by molar-refractivity contribution is 0.250. The van der Waals surface area contributed by atoms with Gasteiger partial charge in [0.2, 0.25) is 0 Å². The molecule has 3 N–H and O–H groups in total. The number of nitrogens with one attached hydrogen (secondary N) is 1. The monoisotopic (exact) mass is 310 g/mol. The number of hydrogen-bond donors (Lipinski definition) is 2. The van der Waals surface area contributed by atoms with Gasteiger partial charge in [0, 0.05) is 17.6 Å². The molecule has 0 aromatic rings. The highest BCUT2D eigenvalue weighted by Gasteiger charge is 2.26. The molecule has 0 spiro atoms. The van der Waals surface area contributed by atoms with Crippen LogP contribution in [0.5, 0.6) is 0 Å². The zero-order valence-electron chi connectivity index (χ0n) is 16.0. The van der Waals surface area contributed by atoms with Crippen molar-refractivity contribution in [3.8, 4) is 0 Å². The summed E-state index contributed by atoms with van der Waals surface area (Å²) in [6.07, 6.45) is 14.6. The molecule has 2 heteroatoms. The van der Waals surface area contributed by atoms with Gasteiger partial charge in [0.15, 0.2) is 0 Å². The van der Waals surface area contributed by atoms with Crippen LogP contribution in [0.25, 0.3) is 0 Å². The summed E-state index contributed by atoms with van der Waals surface area (Å²) < 4.78 is 0. The van der Waals surface area contributed by atoms with Crippen molar-refractivity contribution in [3.63, 3.8) is 0 Å². The molecule has 0 amide bonds. The zero-order chi connectivity index (χ0) is 16.6. The number of nitrogens with two attached hydrogens (primary N) is 1. The molecule has 0 heterocycles. The Bertz CT molecular complexity index is 245. The van der Waals surface area contributed by atoms with E-state index in [2.05, 4.69) is 39.9 Å². The van der Waals surface area contributed by atoms with Gasteiger partial charge in [0.1, 0.15) is 0 Å². The van der Waals surface area contributed by atoms with E-state index in [9.17, 15) is 0 Å². The molecule has 2 saturated carbocycles. The summed E-state index contributed by atoms with van der Waals surface area (Å²) in [5.74, 6) is 1.13. The fourth-order valence-electron chi connectivity index (χ4n) is 3.54. The SMILES string of the molecule is C1CCC(NC2CCCCC2)CC1.CC(C)C(C)(N)C(C)C. The van der Waals surface area contributed by atoms with Gasteiger partial charge in [-0.05, 0) is 44.4 Å². The van der Waals surface area contributed by atoms with Gasteiger partial charge in [-0.2, -0.15) is 0 Å². The molecule has 2 rings (SSSR count). The van der Waals surface area contributed by atoms with Gasteiger partial charge in [-0.3, -0.25) is 0 Å². The van der Waals surface area contributed by atoms with Gasteiger partial charge < -0.3 is 11.1 Å². The van der Waals surface area contributed by atoms with Gasteiger partial charge in [0.05, 0.1) is 0 Å². The first-order chi connectivity index (χ1) is 10.3. The van der Waals surface area contributed by atoms with Gasteiger partial charge in [-0.25, -0.2) is 0 Å². The van der Waals surface area contributed by atoms with Crippen LogP contribution in [0.1, 0.15) is 98.8 Å². The predicted octanol–water partition coefficient (Wildman–Crippen LogP) is 5.26. The standard InChI is InChI=1S/C12H23N.C8H19N/c1-3-7-11(8-4-1)13-12-9-5-2-6-10-12;1-6(2)8(5,9)7(3)4/h11-13H,1-10H2;6-7H,9H2,1-5H3. The summed E-state index contributed by atoms with van der Waals surface area (Å²) in [6.45, 7) is 10.8. The smallest absolute Gasteiger partial charge is 0.0172 e. The molecule has 0 atom stereocenters. The van der Waals surface area contributed by atoms with Crippen molar-refractivity contribution < 1.29 is 0 Å². The van der Waals surface area contributed by atoms with Crippen LogP contribution in [0.2, 0.25) is 0 Å². The lowest BCUT2D eigenvalue weighted by atomic mass is 9.80. The molecule has 0 aliphatic heterocycles. The van der Waals surface area contributed by atoms with Crippen molar-refractivity contribution in [1.29, 1.82) is 0 Å². The van der Waals surface area contributed by atoms with E-state index < -0.39 is 0 Å². The lowest BCUT2D eigenvalue weighted by Crippen LogP contribution is -2.46. The first-order valence-corrected chi connectivity index (χ1v) is 9.89. The van der Waals surface area contributed by atoms with Crippen molar-refractivity contribution in [2.75, 3.05) is 0 Å². The van der Waals surface area contributed by atoms with Crippen LogP contribution in [-0.4, -0.2) is 17.6 Å². The molecule has 2 nitrogen and oxygen atoms in total. The Morgan fingerprint density at radius 1 is 0.727 bits per heavy atom. The topological polar surface area (TPSA) is 38.0 Å². The molecule has 0 aromatic heterocycles. The number of rotatable bonds is 4. The highest BCUT2D eigenvalue weighted by molar-refractivity contribution is 4.84. The third-order valence-electron chi connectivity index (χ3n) is 6.17. The molecule has 2 aliphatic carbocycles. The summed E-state index contributed by atoms with van der Waals surface area (Å²) in [7, 11) is 0. The summed E-state index contributed by atoms with van der Waals surface area (Å²) in [4.78, 5) is 0. The van der Waals surface area contributed by atoms with E-state index >= 15 is 0 Å². The number of hydrogen-bond acceptors (Lipinski definition) is 2. The van der Waals surface area contributed by atoms with Gasteiger partial charge >= 0.3 is 0 Å². The summed E-state index contributed by atoms with van der Waals surface area (Å²) in [5, 5.41) is 3.86. The molecular weight excluding hydrogens is 268 g/mol. The summed E-state index contributed by atoms with van der Waals surface area (Å²) in [6, 6.07) is 1.74. The summed E-state index contributed by atoms with van der Waals surface area (Å²) >= 11 is 0. The second kappa shape index (κ2) is 9.93. The van der Waals surface area contributed by atoms with Crippen molar-refractivity contribution in [3.05, 3.63) is 0 Å². The first kappa shape index (κ1) is 20.0. The summed E-state index contributed by atoms with van der Waals surface area (Å²) in [5.41, 5.74) is 6.00. The molecule has 0 aromatic carbocycles. The third-order valence-corrected chi connectivity index (χ3v) is 6.17. The first-order valence-electron chi connectivity index (χ1n) is 9.89. The second-order valence-electron chi connectivity index (χ2n) is 8.51. The minimum atomic E-state index is 0.000000000000000222. The van der Waals surface area contributed by atoms with E-state index in [4.69, 9.17) is 5.73 Å². The quantitative estimate of drug-likeness (QED) is 0.743. The molecular formula is C20H42N2. The molecule has 0 unspecified atom stereocenters. The van der Waals surface area contributed by atoms with Crippen LogP contribution in [0.4, 0.5) is 0 Å². The Morgan fingerprint density at radius 2 is 1.05 bits per heavy atom. The third kappa shape index (κ3) is 7.00. The molecule has 0 radical (unpaired) electrons. The van der Waals surface area contributed by atoms with E-state index in [0.717, 1.165) is 12.1 Å².